The van der Waals surface area contributed by atoms with Crippen LogP contribution in [0.3, 0.4) is 0 Å². The van der Waals surface area contributed by atoms with Crippen LogP contribution in [0.25, 0.3) is 0 Å². The summed E-state index contributed by atoms with van der Waals surface area (Å²) >= 11 is 0. The van der Waals surface area contributed by atoms with Gasteiger partial charge < -0.3 is 10.6 Å². The highest BCUT2D eigenvalue weighted by atomic mass is 32.2. The maximum absolute atomic E-state index is 11.5. The van der Waals surface area contributed by atoms with Crippen molar-refractivity contribution in [2.45, 2.75) is 43.5 Å². The number of nitrogens with two attached hydrogens (primary N) is 1. The van der Waals surface area contributed by atoms with E-state index < -0.39 is 9.84 Å². The van der Waals surface area contributed by atoms with E-state index in [0.29, 0.717) is 11.7 Å². The van der Waals surface area contributed by atoms with Crippen LogP contribution >= 0.6 is 0 Å². The standard InChI is InChI=1S/C15H24N2O2S/c1-11-4-6-12(7-5-11)17(2)15-9-8-13(10-14(15)16)20(3,18)19/h8-12H,4-7,16H2,1-3H3. The summed E-state index contributed by atoms with van der Waals surface area (Å²) in [7, 11) is -1.15. The number of nitrogen functional groups attached to an aromatic ring is 1. The molecule has 0 saturated heterocycles. The monoisotopic (exact) mass is 296 g/mol. The third-order valence-corrected chi connectivity index (χ3v) is 5.45. The Morgan fingerprint density at radius 2 is 1.80 bits per heavy atom. The van der Waals surface area contributed by atoms with Crippen molar-refractivity contribution in [2.75, 3.05) is 23.9 Å². The summed E-state index contributed by atoms with van der Waals surface area (Å²) in [5, 5.41) is 0. The molecule has 1 fully saturated rings. The van der Waals surface area contributed by atoms with Gasteiger partial charge in [0.1, 0.15) is 0 Å². The first kappa shape index (κ1) is 15.2. The van der Waals surface area contributed by atoms with E-state index in [9.17, 15) is 8.42 Å². The third kappa shape index (κ3) is 3.26. The Hall–Kier alpha value is -1.23. The first-order valence-electron chi connectivity index (χ1n) is 7.11. The Bertz CT molecular complexity index is 576. The van der Waals surface area contributed by atoms with Crippen LogP contribution < -0.4 is 10.6 Å². The van der Waals surface area contributed by atoms with Gasteiger partial charge >= 0.3 is 0 Å². The van der Waals surface area contributed by atoms with Crippen LogP contribution in [0.15, 0.2) is 23.1 Å². The molecule has 112 valence electrons. The molecule has 1 aliphatic carbocycles. The van der Waals surface area contributed by atoms with Crippen molar-refractivity contribution >= 4 is 21.2 Å². The van der Waals surface area contributed by atoms with Gasteiger partial charge in [-0.15, -0.1) is 0 Å². The highest BCUT2D eigenvalue weighted by Crippen LogP contribution is 2.32. The first-order valence-corrected chi connectivity index (χ1v) is 9.00. The van der Waals surface area contributed by atoms with Crippen LogP contribution in [-0.2, 0) is 9.84 Å². The normalized spacial score (nSPS) is 23.6. The molecule has 0 aliphatic heterocycles. The maximum Gasteiger partial charge on any atom is 0.175 e. The molecule has 0 heterocycles. The second kappa shape index (κ2) is 5.64. The number of anilines is 2. The molecule has 0 unspecified atom stereocenters. The smallest absolute Gasteiger partial charge is 0.175 e. The maximum atomic E-state index is 11.5. The average Bonchev–Trinajstić information content (AvgIpc) is 2.37. The molecular weight excluding hydrogens is 272 g/mol. The summed E-state index contributed by atoms with van der Waals surface area (Å²) in [6, 6.07) is 5.52. The van der Waals surface area contributed by atoms with Gasteiger partial charge in [-0.2, -0.15) is 0 Å². The molecule has 0 spiro atoms. The van der Waals surface area contributed by atoms with Crippen molar-refractivity contribution in [3.8, 4) is 0 Å². The molecule has 20 heavy (non-hydrogen) atoms. The van der Waals surface area contributed by atoms with Crippen molar-refractivity contribution in [3.05, 3.63) is 18.2 Å². The summed E-state index contributed by atoms with van der Waals surface area (Å²) < 4.78 is 23.1. The molecule has 0 atom stereocenters. The molecule has 2 N–H and O–H groups in total. The van der Waals surface area contributed by atoms with Gasteiger partial charge in [0.15, 0.2) is 9.84 Å². The molecule has 1 aromatic rings. The molecule has 1 saturated carbocycles. The lowest BCUT2D eigenvalue weighted by Crippen LogP contribution is -2.35. The lowest BCUT2D eigenvalue weighted by Gasteiger charge is -2.35. The second-order valence-corrected chi connectivity index (χ2v) is 8.03. The highest BCUT2D eigenvalue weighted by Gasteiger charge is 2.23. The van der Waals surface area contributed by atoms with Crippen LogP contribution in [0, 0.1) is 5.92 Å². The minimum atomic E-state index is -3.20. The fraction of sp³-hybridized carbons (Fsp3) is 0.600. The van der Waals surface area contributed by atoms with Gasteiger partial charge in [-0.25, -0.2) is 8.42 Å². The Morgan fingerprint density at radius 1 is 1.20 bits per heavy atom. The molecule has 1 aliphatic rings. The molecule has 0 aromatic heterocycles. The van der Waals surface area contributed by atoms with Crippen molar-refractivity contribution in [1.29, 1.82) is 0 Å². The molecule has 5 heteroatoms. The molecule has 2 rings (SSSR count). The quantitative estimate of drug-likeness (QED) is 0.871. The number of benzene rings is 1. The van der Waals surface area contributed by atoms with Crippen molar-refractivity contribution < 1.29 is 8.42 Å². The van der Waals surface area contributed by atoms with Crippen LogP contribution in [0.2, 0.25) is 0 Å². The van der Waals surface area contributed by atoms with Crippen LogP contribution in [0.5, 0.6) is 0 Å². The minimum absolute atomic E-state index is 0.282. The fourth-order valence-corrected chi connectivity index (χ4v) is 3.57. The molecule has 0 radical (unpaired) electrons. The SMILES string of the molecule is CC1CCC(N(C)c2ccc(S(C)(=O)=O)cc2N)CC1. The van der Waals surface area contributed by atoms with E-state index in [-0.39, 0.29) is 4.90 Å². The summed E-state index contributed by atoms with van der Waals surface area (Å²) in [6.07, 6.45) is 6.04. The number of hydrogen-bond donors (Lipinski definition) is 1. The summed E-state index contributed by atoms with van der Waals surface area (Å²) in [6.45, 7) is 2.30. The van der Waals surface area contributed by atoms with Crippen LogP contribution in [0.4, 0.5) is 11.4 Å². The third-order valence-electron chi connectivity index (χ3n) is 4.34. The zero-order valence-corrected chi connectivity index (χ0v) is 13.3. The zero-order valence-electron chi connectivity index (χ0n) is 12.5. The minimum Gasteiger partial charge on any atom is -0.397 e. The highest BCUT2D eigenvalue weighted by molar-refractivity contribution is 7.90. The van der Waals surface area contributed by atoms with Gasteiger partial charge in [0.25, 0.3) is 0 Å². The number of rotatable bonds is 3. The Labute approximate surface area is 121 Å². The van der Waals surface area contributed by atoms with E-state index in [1.54, 1.807) is 12.1 Å². The Kier molecular flexibility index (Phi) is 4.28. The van der Waals surface area contributed by atoms with Gasteiger partial charge in [0.2, 0.25) is 0 Å². The fourth-order valence-electron chi connectivity index (χ4n) is 2.91. The molecule has 1 aromatic carbocycles. The number of hydrogen-bond acceptors (Lipinski definition) is 4. The second-order valence-electron chi connectivity index (χ2n) is 6.02. The van der Waals surface area contributed by atoms with E-state index in [4.69, 9.17) is 5.73 Å². The summed E-state index contributed by atoms with van der Waals surface area (Å²) in [5.74, 6) is 0.810. The molecule has 0 bridgehead atoms. The molecule has 0 amide bonds. The van der Waals surface area contributed by atoms with E-state index in [0.717, 1.165) is 11.6 Å². The van der Waals surface area contributed by atoms with E-state index in [1.807, 2.05) is 13.1 Å². The number of sulfone groups is 1. The Balaban J connectivity index is 2.20. The predicted molar refractivity (Wildman–Crippen MR) is 83.8 cm³/mol. The first-order chi connectivity index (χ1) is 9.29. The largest absolute Gasteiger partial charge is 0.397 e. The lowest BCUT2D eigenvalue weighted by molar-refractivity contribution is 0.341. The van der Waals surface area contributed by atoms with Crippen LogP contribution in [0.1, 0.15) is 32.6 Å². The topological polar surface area (TPSA) is 63.4 Å². The van der Waals surface area contributed by atoms with Gasteiger partial charge in [-0.1, -0.05) is 6.92 Å². The van der Waals surface area contributed by atoms with Crippen molar-refractivity contribution in [1.82, 2.24) is 0 Å². The summed E-state index contributed by atoms with van der Waals surface area (Å²) in [5.41, 5.74) is 7.51. The Morgan fingerprint density at radius 3 is 2.30 bits per heavy atom. The lowest BCUT2D eigenvalue weighted by atomic mass is 9.86. The van der Waals surface area contributed by atoms with Gasteiger partial charge in [-0.05, 0) is 49.8 Å². The van der Waals surface area contributed by atoms with Crippen LogP contribution in [-0.4, -0.2) is 27.8 Å². The predicted octanol–water partition coefficient (Wildman–Crippen LogP) is 2.69. The van der Waals surface area contributed by atoms with E-state index in [1.165, 1.54) is 31.9 Å². The van der Waals surface area contributed by atoms with Gasteiger partial charge in [0, 0.05) is 19.3 Å². The average molecular weight is 296 g/mol. The van der Waals surface area contributed by atoms with Gasteiger partial charge in [-0.3, -0.25) is 0 Å². The van der Waals surface area contributed by atoms with E-state index >= 15 is 0 Å². The van der Waals surface area contributed by atoms with Crippen molar-refractivity contribution in [3.63, 3.8) is 0 Å². The van der Waals surface area contributed by atoms with E-state index in [2.05, 4.69) is 11.8 Å². The van der Waals surface area contributed by atoms with Crippen molar-refractivity contribution in [2.24, 2.45) is 5.92 Å². The zero-order chi connectivity index (χ0) is 14.9. The molecular formula is C15H24N2O2S. The summed E-state index contributed by atoms with van der Waals surface area (Å²) in [4.78, 5) is 2.48. The van der Waals surface area contributed by atoms with Gasteiger partial charge in [0.05, 0.1) is 16.3 Å². The molecule has 4 nitrogen and oxygen atoms in total. The number of nitrogens with zero attached hydrogens (tertiary/aromatic N) is 1.